The third-order valence-electron chi connectivity index (χ3n) is 0.569. The van der Waals surface area contributed by atoms with Crippen molar-refractivity contribution in [2.45, 2.75) is 19.7 Å². The first-order valence-electron chi connectivity index (χ1n) is 2.37. The van der Waals surface area contributed by atoms with Crippen LogP contribution in [0.5, 0.6) is 0 Å². The lowest BCUT2D eigenvalue weighted by atomic mass is 9.24. The summed E-state index contributed by atoms with van der Waals surface area (Å²) < 4.78 is 0.220. The maximum absolute atomic E-state index is 5.42. The predicted octanol–water partition coefficient (Wildman–Crippen LogP) is 1.11. The van der Waals surface area contributed by atoms with Gasteiger partial charge in [0, 0.05) is 7.74 Å². The summed E-state index contributed by atoms with van der Waals surface area (Å²) in [7, 11) is 7.52. The molecule has 0 unspecified atom stereocenters. The molecule has 0 atom stereocenters. The third kappa shape index (κ3) is 6.92. The van der Waals surface area contributed by atoms with Gasteiger partial charge < -0.3 is 0 Å². The van der Waals surface area contributed by atoms with E-state index in [0.29, 0.717) is 5.82 Å². The molecule has 0 saturated carbocycles. The summed E-state index contributed by atoms with van der Waals surface area (Å²) in [5.41, 5.74) is 0. The second-order valence-electron chi connectivity index (χ2n) is 1.88. The summed E-state index contributed by atoms with van der Waals surface area (Å²) in [4.78, 5) is 0. The zero-order valence-electron chi connectivity index (χ0n) is 4.69. The highest BCUT2D eigenvalue weighted by Crippen LogP contribution is 2.00. The Morgan fingerprint density at radius 3 is 2.14 bits per heavy atom. The van der Waals surface area contributed by atoms with Crippen LogP contribution in [0.15, 0.2) is 0 Å². The second kappa shape index (κ2) is 3.87. The van der Waals surface area contributed by atoms with E-state index >= 15 is 0 Å². The van der Waals surface area contributed by atoms with E-state index < -0.39 is 0 Å². The van der Waals surface area contributed by atoms with E-state index in [4.69, 9.17) is 7.74 Å². The van der Waals surface area contributed by atoms with Crippen molar-refractivity contribution < 1.29 is 0 Å². The molecule has 0 amide bonds. The monoisotopic (exact) mass is 203 g/mol. The van der Waals surface area contributed by atoms with Crippen LogP contribution in [0.3, 0.4) is 0 Å². The van der Waals surface area contributed by atoms with Crippen molar-refractivity contribution in [3.05, 3.63) is 0 Å². The number of hydrogen-bond donors (Lipinski definition) is 0. The van der Waals surface area contributed by atoms with Gasteiger partial charge in [0.15, 0.2) is 0 Å². The molecule has 0 fully saturated rings. The standard InChI is InChI=1S/C3H7B3I/c1-3(2)5-6(4)7/h3H,1-2H3. The minimum atomic E-state index is 0.220. The molecule has 0 bridgehead atoms. The molecule has 7 heavy (non-hydrogen) atoms. The van der Waals surface area contributed by atoms with Crippen LogP contribution >= 0.6 is 22.4 Å². The second-order valence-corrected chi connectivity index (χ2v) is 3.32. The summed E-state index contributed by atoms with van der Waals surface area (Å²) >= 11 is 2.18. The topological polar surface area (TPSA) is 0 Å². The van der Waals surface area contributed by atoms with Crippen LogP contribution in [0.4, 0.5) is 0 Å². The van der Waals surface area contributed by atoms with Gasteiger partial charge in [0.1, 0.15) is 4.35 Å². The largest absolute Gasteiger partial charge is 0.172 e. The van der Waals surface area contributed by atoms with E-state index in [2.05, 4.69) is 43.4 Å². The molecule has 0 aromatic rings. The molecular formula is C3H7B3I. The van der Waals surface area contributed by atoms with Crippen LogP contribution in [0.1, 0.15) is 13.8 Å². The first-order chi connectivity index (χ1) is 3.13. The van der Waals surface area contributed by atoms with Crippen LogP contribution < -0.4 is 0 Å². The average molecular weight is 202 g/mol. The van der Waals surface area contributed by atoms with E-state index in [9.17, 15) is 0 Å². The van der Waals surface area contributed by atoms with Crippen molar-refractivity contribution in [1.82, 2.24) is 0 Å². The van der Waals surface area contributed by atoms with E-state index in [1.54, 1.807) is 0 Å². The first-order valence-corrected chi connectivity index (χ1v) is 3.62. The molecule has 3 radical (unpaired) electrons. The highest BCUT2D eigenvalue weighted by molar-refractivity contribution is 14.1. The summed E-state index contributed by atoms with van der Waals surface area (Å²) in [5.74, 6) is 0.617. The lowest BCUT2D eigenvalue weighted by Gasteiger charge is -1.99. The van der Waals surface area contributed by atoms with Gasteiger partial charge in [-0.05, 0) is 0 Å². The van der Waals surface area contributed by atoms with E-state index in [1.165, 1.54) is 0 Å². The molecule has 0 N–H and O–H groups in total. The smallest absolute Gasteiger partial charge is 0.130 e. The van der Waals surface area contributed by atoms with Gasteiger partial charge in [-0.15, -0.1) is 0 Å². The normalized spacial score (nSPS) is 9.14. The van der Waals surface area contributed by atoms with Gasteiger partial charge >= 0.3 is 0 Å². The minimum Gasteiger partial charge on any atom is -0.172 e. The Labute approximate surface area is 61.4 Å². The van der Waals surface area contributed by atoms with Gasteiger partial charge in [0.25, 0.3) is 0 Å². The van der Waals surface area contributed by atoms with Crippen molar-refractivity contribution in [2.24, 2.45) is 0 Å². The number of halogens is 1. The molecule has 0 spiro atoms. The van der Waals surface area contributed by atoms with Crippen LogP contribution in [0, 0.1) is 0 Å². The molecule has 0 nitrogen and oxygen atoms in total. The Kier molecular flexibility index (Phi) is 4.38. The molecule has 0 aliphatic rings. The Balaban J connectivity index is 2.95. The van der Waals surface area contributed by atoms with Crippen molar-refractivity contribution in [2.75, 3.05) is 0 Å². The quantitative estimate of drug-likeness (QED) is 0.465. The molecule has 0 saturated heterocycles. The van der Waals surface area contributed by atoms with Gasteiger partial charge in [-0.1, -0.05) is 19.7 Å². The number of hydrogen-bond acceptors (Lipinski definition) is 0. The first kappa shape index (κ1) is 7.92. The van der Waals surface area contributed by atoms with Crippen LogP contribution in [-0.2, 0) is 0 Å². The zero-order chi connectivity index (χ0) is 5.86. The Morgan fingerprint density at radius 1 is 1.71 bits per heavy atom. The molecule has 4 heteroatoms. The molecule has 0 rings (SSSR count). The fraction of sp³-hybridized carbons (Fsp3) is 1.00. The van der Waals surface area contributed by atoms with Gasteiger partial charge in [-0.3, -0.25) is 0 Å². The zero-order valence-corrected chi connectivity index (χ0v) is 6.84. The van der Waals surface area contributed by atoms with Crippen LogP contribution in [-0.4, -0.2) is 19.3 Å². The predicted molar refractivity (Wildman–Crippen MR) is 46.4 cm³/mol. The van der Waals surface area contributed by atoms with Crippen molar-refractivity contribution in [3.8, 4) is 0 Å². The SMILES string of the molecule is [B]B(I)[B]C(C)C. The lowest BCUT2D eigenvalue weighted by molar-refractivity contribution is 1.07. The summed E-state index contributed by atoms with van der Waals surface area (Å²) in [5, 5.41) is 0. The molecule has 0 heterocycles. The van der Waals surface area contributed by atoms with Gasteiger partial charge in [-0.2, -0.15) is 22.4 Å². The van der Waals surface area contributed by atoms with Crippen molar-refractivity contribution in [1.29, 1.82) is 0 Å². The van der Waals surface area contributed by atoms with Gasteiger partial charge in [-0.25, -0.2) is 0 Å². The molecule has 0 aliphatic heterocycles. The molecule has 0 aliphatic carbocycles. The Hall–Kier alpha value is 0.925. The molecule has 0 aromatic heterocycles. The highest BCUT2D eigenvalue weighted by atomic mass is 127. The summed E-state index contributed by atoms with van der Waals surface area (Å²) in [6.07, 6.45) is 0. The fourth-order valence-electron chi connectivity index (χ4n) is 0.368. The van der Waals surface area contributed by atoms with Crippen molar-refractivity contribution in [3.63, 3.8) is 0 Å². The van der Waals surface area contributed by atoms with E-state index in [-0.39, 0.29) is 4.35 Å². The third-order valence-corrected chi connectivity index (χ3v) is 0.984. The minimum absolute atomic E-state index is 0.220. The van der Waals surface area contributed by atoms with Crippen LogP contribution in [0.2, 0.25) is 5.82 Å². The Morgan fingerprint density at radius 2 is 2.14 bits per heavy atom. The maximum Gasteiger partial charge on any atom is 0.130 e. The molecule has 35 valence electrons. The number of rotatable bonds is 2. The molecular weight excluding hydrogens is 195 g/mol. The summed E-state index contributed by atoms with van der Waals surface area (Å²) in [6, 6.07) is 0. The van der Waals surface area contributed by atoms with Gasteiger partial charge in [0.2, 0.25) is 0 Å². The van der Waals surface area contributed by atoms with Crippen LogP contribution in [0.25, 0.3) is 0 Å². The highest BCUT2D eigenvalue weighted by Gasteiger charge is 2.03. The van der Waals surface area contributed by atoms with Crippen molar-refractivity contribution >= 4 is 41.6 Å². The fourth-order valence-corrected chi connectivity index (χ4v) is 1.20. The average Bonchev–Trinajstić information content (AvgIpc) is 1.27. The van der Waals surface area contributed by atoms with E-state index in [1.807, 2.05) is 0 Å². The lowest BCUT2D eigenvalue weighted by Crippen LogP contribution is -2.16. The maximum atomic E-state index is 5.42. The summed E-state index contributed by atoms with van der Waals surface area (Å²) in [6.45, 7) is 4.25. The molecule has 0 aromatic carbocycles. The van der Waals surface area contributed by atoms with Gasteiger partial charge in [0.05, 0.1) is 7.17 Å². The van der Waals surface area contributed by atoms with E-state index in [0.717, 1.165) is 0 Å². The Bertz CT molecular complexity index is 39.4.